The Morgan fingerprint density at radius 1 is 0.561 bits per heavy atom. The van der Waals surface area contributed by atoms with Gasteiger partial charge in [-0.25, -0.2) is 0 Å². The topological polar surface area (TPSA) is 302 Å². The van der Waals surface area contributed by atoms with Gasteiger partial charge >= 0.3 is 0 Å². The van der Waals surface area contributed by atoms with Crippen LogP contribution in [0.3, 0.4) is 0 Å². The second kappa shape index (κ2) is 28.0. The number of ether oxygens (including phenoxy) is 6. The van der Waals surface area contributed by atoms with Gasteiger partial charge in [-0.1, -0.05) is 103 Å². The van der Waals surface area contributed by atoms with Gasteiger partial charge in [0.15, 0.2) is 18.9 Å². The van der Waals surface area contributed by atoms with Crippen molar-refractivity contribution in [1.29, 1.82) is 0 Å². The summed E-state index contributed by atoms with van der Waals surface area (Å²) in [6, 6.07) is -3.89. The summed E-state index contributed by atoms with van der Waals surface area (Å²) in [5.74, 6) is 0. The molecule has 18 heteroatoms. The molecule has 3 aliphatic rings. The second-order valence-corrected chi connectivity index (χ2v) is 16.0. The molecule has 3 saturated heterocycles. The third kappa shape index (κ3) is 16.2. The second-order valence-electron chi connectivity index (χ2n) is 16.0. The molecular formula is C39H77N3O15. The monoisotopic (exact) mass is 828 g/mol. The van der Waals surface area contributed by atoms with E-state index in [1.807, 2.05) is 0 Å². The number of aliphatic hydroxyl groups is 9. The molecule has 0 aromatic heterocycles. The fraction of sp³-hybridized carbons (Fsp3) is 1.00. The van der Waals surface area contributed by atoms with Crippen molar-refractivity contribution < 1.29 is 74.4 Å². The highest BCUT2D eigenvalue weighted by molar-refractivity contribution is 4.99. The summed E-state index contributed by atoms with van der Waals surface area (Å²) in [5, 5.41) is 96.9. The van der Waals surface area contributed by atoms with Crippen molar-refractivity contribution in [1.82, 2.24) is 5.32 Å². The number of unbranched alkanes of at least 4 members (excludes halogenated alkanes) is 15. The quantitative estimate of drug-likeness (QED) is 0.0386. The first-order valence-corrected chi connectivity index (χ1v) is 21.5. The highest BCUT2D eigenvalue weighted by atomic mass is 16.7. The minimum Gasteiger partial charge on any atom is -0.394 e. The molecule has 14 N–H and O–H groups in total. The van der Waals surface area contributed by atoms with E-state index in [9.17, 15) is 46.0 Å². The number of hydrogen-bond donors (Lipinski definition) is 12. The first kappa shape index (κ1) is 50.6. The third-order valence-corrected chi connectivity index (χ3v) is 11.3. The Hall–Kier alpha value is -0.720. The lowest BCUT2D eigenvalue weighted by Gasteiger charge is -2.49. The fourth-order valence-corrected chi connectivity index (χ4v) is 7.68. The van der Waals surface area contributed by atoms with Gasteiger partial charge < -0.3 is 91.2 Å². The lowest BCUT2D eigenvalue weighted by atomic mass is 9.94. The Labute approximate surface area is 338 Å². The minimum absolute atomic E-state index is 0.0117. The maximum Gasteiger partial charge on any atom is 0.176 e. The standard InChI is InChI=1S/C39H77N3O15/c1-2-3-4-5-6-7-8-9-10-11-12-13-14-15-16-17-18-52-23-24(46)19-42-30-34(50)36(56-38-29(41)32(48)31(47)25(20-43)54-38)27(22-45)55-39(30)57-35-26(21-44)53-37(51)28(40)33(35)49/h24-39,42-51H,2-23,40-41H2,1H3/t24?,25-,26-,27-,28-,29-,30-,31-,32-,33-,34-,35?,36?,37-,38+,39+/m1/s1. The first-order valence-electron chi connectivity index (χ1n) is 21.5. The molecular weight excluding hydrogens is 750 g/mol. The van der Waals surface area contributed by atoms with E-state index in [1.54, 1.807) is 0 Å². The molecule has 3 unspecified atom stereocenters. The molecule has 3 aliphatic heterocycles. The van der Waals surface area contributed by atoms with Gasteiger partial charge in [0.25, 0.3) is 0 Å². The zero-order chi connectivity index (χ0) is 41.7. The van der Waals surface area contributed by atoms with E-state index in [2.05, 4.69) is 12.2 Å². The zero-order valence-electron chi connectivity index (χ0n) is 33.9. The predicted octanol–water partition coefficient (Wildman–Crippen LogP) is -1.40. The molecule has 0 spiro atoms. The van der Waals surface area contributed by atoms with Crippen LogP contribution in [0.4, 0.5) is 0 Å². The normalized spacial score (nSPS) is 36.7. The first-order chi connectivity index (χ1) is 27.5. The van der Waals surface area contributed by atoms with Crippen LogP contribution in [-0.2, 0) is 28.4 Å². The van der Waals surface area contributed by atoms with Gasteiger partial charge in [0, 0.05) is 13.2 Å². The molecule has 3 fully saturated rings. The number of rotatable bonds is 29. The summed E-state index contributed by atoms with van der Waals surface area (Å²) >= 11 is 0. The number of aliphatic hydroxyl groups excluding tert-OH is 9. The van der Waals surface area contributed by atoms with Gasteiger partial charge in [-0.05, 0) is 6.42 Å². The van der Waals surface area contributed by atoms with Crippen LogP contribution in [0.5, 0.6) is 0 Å². The summed E-state index contributed by atoms with van der Waals surface area (Å²) in [7, 11) is 0. The van der Waals surface area contributed by atoms with Crippen LogP contribution < -0.4 is 16.8 Å². The molecule has 0 saturated carbocycles. The van der Waals surface area contributed by atoms with Crippen LogP contribution in [0.1, 0.15) is 110 Å². The van der Waals surface area contributed by atoms with Gasteiger partial charge in [-0.3, -0.25) is 0 Å². The Morgan fingerprint density at radius 2 is 1.04 bits per heavy atom. The molecule has 3 heterocycles. The number of nitrogens with two attached hydrogens (primary N) is 2. The molecule has 338 valence electrons. The van der Waals surface area contributed by atoms with Crippen molar-refractivity contribution >= 4 is 0 Å². The minimum atomic E-state index is -1.60. The Kier molecular flexibility index (Phi) is 24.9. The summed E-state index contributed by atoms with van der Waals surface area (Å²) < 4.78 is 34.6. The van der Waals surface area contributed by atoms with E-state index in [1.165, 1.54) is 83.5 Å². The summed E-state index contributed by atoms with van der Waals surface area (Å²) in [6.07, 6.45) is 1.81. The van der Waals surface area contributed by atoms with E-state index in [0.717, 1.165) is 19.3 Å². The highest BCUT2D eigenvalue weighted by Gasteiger charge is 2.53. The van der Waals surface area contributed by atoms with E-state index in [4.69, 9.17) is 39.9 Å². The average molecular weight is 828 g/mol. The van der Waals surface area contributed by atoms with E-state index >= 15 is 0 Å². The van der Waals surface area contributed by atoms with Crippen molar-refractivity contribution in [2.45, 2.75) is 208 Å². The van der Waals surface area contributed by atoms with Crippen molar-refractivity contribution in [2.75, 3.05) is 39.6 Å². The highest BCUT2D eigenvalue weighted by Crippen LogP contribution is 2.32. The molecule has 18 nitrogen and oxygen atoms in total. The average Bonchev–Trinajstić information content (AvgIpc) is 3.20. The molecule has 16 atom stereocenters. The molecule has 0 bridgehead atoms. The van der Waals surface area contributed by atoms with E-state index in [-0.39, 0.29) is 13.2 Å². The smallest absolute Gasteiger partial charge is 0.176 e. The summed E-state index contributed by atoms with van der Waals surface area (Å²) in [4.78, 5) is 0. The fourth-order valence-electron chi connectivity index (χ4n) is 7.68. The van der Waals surface area contributed by atoms with Crippen LogP contribution in [-0.4, -0.2) is 184 Å². The van der Waals surface area contributed by atoms with Crippen LogP contribution in [0.2, 0.25) is 0 Å². The van der Waals surface area contributed by atoms with Gasteiger partial charge in [-0.2, -0.15) is 0 Å². The number of hydrogen-bond acceptors (Lipinski definition) is 18. The summed E-state index contributed by atoms with van der Waals surface area (Å²) in [5.41, 5.74) is 11.9. The molecule has 57 heavy (non-hydrogen) atoms. The van der Waals surface area contributed by atoms with Gasteiger partial charge in [-0.15, -0.1) is 0 Å². The molecule has 0 amide bonds. The van der Waals surface area contributed by atoms with E-state index in [0.29, 0.717) is 6.61 Å². The Morgan fingerprint density at radius 3 is 1.58 bits per heavy atom. The number of nitrogens with one attached hydrogen (secondary N) is 1. The van der Waals surface area contributed by atoms with Crippen LogP contribution in [0, 0.1) is 0 Å². The Balaban J connectivity index is 1.47. The van der Waals surface area contributed by atoms with Crippen molar-refractivity contribution in [2.24, 2.45) is 11.5 Å². The van der Waals surface area contributed by atoms with Crippen LogP contribution >= 0.6 is 0 Å². The summed E-state index contributed by atoms with van der Waals surface area (Å²) in [6.45, 7) is 0.486. The van der Waals surface area contributed by atoms with Crippen LogP contribution in [0.15, 0.2) is 0 Å². The van der Waals surface area contributed by atoms with Gasteiger partial charge in [0.2, 0.25) is 0 Å². The van der Waals surface area contributed by atoms with E-state index < -0.39 is 118 Å². The maximum atomic E-state index is 11.7. The van der Waals surface area contributed by atoms with Gasteiger partial charge in [0.1, 0.15) is 54.9 Å². The predicted molar refractivity (Wildman–Crippen MR) is 207 cm³/mol. The molecule has 3 rings (SSSR count). The van der Waals surface area contributed by atoms with Crippen molar-refractivity contribution in [3.8, 4) is 0 Å². The third-order valence-electron chi connectivity index (χ3n) is 11.3. The molecule has 0 radical (unpaired) electrons. The van der Waals surface area contributed by atoms with Gasteiger partial charge in [0.05, 0.1) is 50.7 Å². The van der Waals surface area contributed by atoms with Crippen molar-refractivity contribution in [3.63, 3.8) is 0 Å². The van der Waals surface area contributed by atoms with Crippen LogP contribution in [0.25, 0.3) is 0 Å². The lowest BCUT2D eigenvalue weighted by molar-refractivity contribution is -0.350. The maximum absolute atomic E-state index is 11.7. The lowest BCUT2D eigenvalue weighted by Crippen LogP contribution is -2.70. The molecule has 0 aromatic carbocycles. The SMILES string of the molecule is CCCCCCCCCCCCCCCCCCOCC(O)CN[C@H]1[C@H](OC2[C@@H](CO)O[C@@H](O)[C@H](N)[C@H]2O)O[C@H](CO)C(O[C@@H]2O[C@H](CO)[C@@H](O)[C@H](O)[C@H]2N)[C@@H]1O. The molecule has 0 aliphatic carbocycles. The largest absolute Gasteiger partial charge is 0.394 e. The molecule has 0 aromatic rings. The van der Waals surface area contributed by atoms with Crippen molar-refractivity contribution in [3.05, 3.63) is 0 Å². The zero-order valence-corrected chi connectivity index (χ0v) is 33.9. The Bertz CT molecular complexity index is 1020.